The van der Waals surface area contributed by atoms with Crippen LogP contribution in [0.25, 0.3) is 11.0 Å². The standard InChI is InChI=1S/C12H16N4O/c1-16-8-15-11-10(16)4-7-14-12(11)17-9-2-5-13-6-3-9/h4,7-9,13H,2-3,5-6H2,1H3. The number of ether oxygens (including phenoxy) is 1. The predicted octanol–water partition coefficient (Wildman–Crippen LogP) is 1.10. The molecule has 0 amide bonds. The lowest BCUT2D eigenvalue weighted by molar-refractivity contribution is 0.158. The minimum absolute atomic E-state index is 0.261. The van der Waals surface area contributed by atoms with E-state index in [2.05, 4.69) is 15.3 Å². The van der Waals surface area contributed by atoms with Crippen LogP contribution in [0.3, 0.4) is 0 Å². The third kappa shape index (κ3) is 1.98. The summed E-state index contributed by atoms with van der Waals surface area (Å²) in [7, 11) is 1.98. The number of fused-ring (bicyclic) bond motifs is 1. The first-order valence-electron chi connectivity index (χ1n) is 5.98. The molecule has 0 aliphatic carbocycles. The van der Waals surface area contributed by atoms with Crippen LogP contribution < -0.4 is 10.1 Å². The molecule has 1 saturated heterocycles. The van der Waals surface area contributed by atoms with Crippen LogP contribution in [0.15, 0.2) is 18.6 Å². The highest BCUT2D eigenvalue weighted by Gasteiger charge is 2.17. The Hall–Kier alpha value is -1.62. The van der Waals surface area contributed by atoms with E-state index in [9.17, 15) is 0 Å². The number of rotatable bonds is 2. The summed E-state index contributed by atoms with van der Waals surface area (Å²) in [6.07, 6.45) is 5.90. The molecule has 0 aromatic carbocycles. The van der Waals surface area contributed by atoms with Crippen LogP contribution in [-0.2, 0) is 7.05 Å². The van der Waals surface area contributed by atoms with Gasteiger partial charge in [0.1, 0.15) is 6.10 Å². The van der Waals surface area contributed by atoms with Crippen molar-refractivity contribution in [1.82, 2.24) is 19.9 Å². The van der Waals surface area contributed by atoms with E-state index in [1.165, 1.54) is 0 Å². The third-order valence-corrected chi connectivity index (χ3v) is 3.17. The predicted molar refractivity (Wildman–Crippen MR) is 65.0 cm³/mol. The van der Waals surface area contributed by atoms with Crippen LogP contribution >= 0.6 is 0 Å². The number of imidazole rings is 1. The van der Waals surface area contributed by atoms with Crippen LogP contribution in [0.2, 0.25) is 0 Å². The molecule has 0 atom stereocenters. The molecule has 2 aromatic heterocycles. The summed E-state index contributed by atoms with van der Waals surface area (Å²) >= 11 is 0. The van der Waals surface area contributed by atoms with Gasteiger partial charge in [-0.2, -0.15) is 0 Å². The Morgan fingerprint density at radius 1 is 1.35 bits per heavy atom. The summed E-state index contributed by atoms with van der Waals surface area (Å²) in [4.78, 5) is 8.64. The Balaban J connectivity index is 1.89. The van der Waals surface area contributed by atoms with Gasteiger partial charge in [0, 0.05) is 13.2 Å². The average Bonchev–Trinajstić information content (AvgIpc) is 2.74. The summed E-state index contributed by atoms with van der Waals surface area (Å²) in [6.45, 7) is 2.03. The maximum atomic E-state index is 5.95. The quantitative estimate of drug-likeness (QED) is 0.842. The van der Waals surface area contributed by atoms with E-state index in [-0.39, 0.29) is 6.10 Å². The third-order valence-electron chi connectivity index (χ3n) is 3.17. The molecule has 3 heterocycles. The van der Waals surface area contributed by atoms with Crippen molar-refractivity contribution in [3.8, 4) is 5.88 Å². The zero-order valence-corrected chi connectivity index (χ0v) is 9.89. The number of aromatic nitrogens is 3. The molecule has 1 aliphatic heterocycles. The molecule has 1 fully saturated rings. The van der Waals surface area contributed by atoms with Gasteiger partial charge in [-0.3, -0.25) is 0 Å². The summed E-state index contributed by atoms with van der Waals surface area (Å²) in [5.41, 5.74) is 1.91. The van der Waals surface area contributed by atoms with E-state index in [0.29, 0.717) is 5.88 Å². The second-order valence-electron chi connectivity index (χ2n) is 4.41. The molecule has 0 radical (unpaired) electrons. The summed E-state index contributed by atoms with van der Waals surface area (Å²) < 4.78 is 7.93. The van der Waals surface area contributed by atoms with Crippen molar-refractivity contribution in [2.24, 2.45) is 7.05 Å². The topological polar surface area (TPSA) is 52.0 Å². The summed E-state index contributed by atoms with van der Waals surface area (Å²) in [6, 6.07) is 1.96. The van der Waals surface area contributed by atoms with E-state index in [1.807, 2.05) is 17.7 Å². The number of piperidine rings is 1. The van der Waals surface area contributed by atoms with Crippen molar-refractivity contribution in [1.29, 1.82) is 0 Å². The molecule has 1 N–H and O–H groups in total. The highest BCUT2D eigenvalue weighted by Crippen LogP contribution is 2.23. The first kappa shape index (κ1) is 10.5. The van der Waals surface area contributed by atoms with Crippen LogP contribution in [-0.4, -0.2) is 33.7 Å². The Bertz CT molecular complexity index is 516. The highest BCUT2D eigenvalue weighted by molar-refractivity contribution is 5.79. The normalized spacial score (nSPS) is 17.5. The molecular weight excluding hydrogens is 216 g/mol. The minimum Gasteiger partial charge on any atom is -0.473 e. The van der Waals surface area contributed by atoms with Gasteiger partial charge in [0.15, 0.2) is 5.52 Å². The van der Waals surface area contributed by atoms with Gasteiger partial charge in [0.2, 0.25) is 5.88 Å². The van der Waals surface area contributed by atoms with Gasteiger partial charge in [-0.25, -0.2) is 9.97 Å². The SMILES string of the molecule is Cn1cnc2c(OC3CCNCC3)nccc21. The zero-order valence-electron chi connectivity index (χ0n) is 9.89. The molecule has 1 aliphatic rings. The van der Waals surface area contributed by atoms with Crippen LogP contribution in [0.1, 0.15) is 12.8 Å². The maximum Gasteiger partial charge on any atom is 0.242 e. The van der Waals surface area contributed by atoms with Crippen LogP contribution in [0.4, 0.5) is 0 Å². The van der Waals surface area contributed by atoms with Gasteiger partial charge in [-0.15, -0.1) is 0 Å². The molecule has 3 rings (SSSR count). The minimum atomic E-state index is 0.261. The Kier molecular flexibility index (Phi) is 2.68. The first-order valence-corrected chi connectivity index (χ1v) is 5.98. The van der Waals surface area contributed by atoms with Crippen molar-refractivity contribution < 1.29 is 4.74 Å². The number of hydrogen-bond donors (Lipinski definition) is 1. The fraction of sp³-hybridized carbons (Fsp3) is 0.500. The molecule has 0 bridgehead atoms. The molecule has 90 valence electrons. The molecule has 5 heteroatoms. The van der Waals surface area contributed by atoms with Gasteiger partial charge < -0.3 is 14.6 Å². The van der Waals surface area contributed by atoms with Crippen molar-refractivity contribution in [3.05, 3.63) is 18.6 Å². The average molecular weight is 232 g/mol. The summed E-state index contributed by atoms with van der Waals surface area (Å²) in [5, 5.41) is 3.32. The Morgan fingerprint density at radius 3 is 3.00 bits per heavy atom. The smallest absolute Gasteiger partial charge is 0.242 e. The molecule has 2 aromatic rings. The largest absolute Gasteiger partial charge is 0.473 e. The van der Waals surface area contributed by atoms with Gasteiger partial charge in [-0.1, -0.05) is 0 Å². The number of pyridine rings is 1. The molecule has 17 heavy (non-hydrogen) atoms. The van der Waals surface area contributed by atoms with Crippen LogP contribution in [0, 0.1) is 0 Å². The molecular formula is C12H16N4O. The monoisotopic (exact) mass is 232 g/mol. The number of aryl methyl sites for hydroxylation is 1. The van der Waals surface area contributed by atoms with E-state index in [1.54, 1.807) is 12.5 Å². The van der Waals surface area contributed by atoms with Gasteiger partial charge >= 0.3 is 0 Å². The number of hydrogen-bond acceptors (Lipinski definition) is 4. The van der Waals surface area contributed by atoms with Crippen molar-refractivity contribution in [3.63, 3.8) is 0 Å². The Morgan fingerprint density at radius 2 is 2.18 bits per heavy atom. The van der Waals surface area contributed by atoms with E-state index >= 15 is 0 Å². The van der Waals surface area contributed by atoms with Crippen molar-refractivity contribution in [2.45, 2.75) is 18.9 Å². The fourth-order valence-electron chi connectivity index (χ4n) is 2.20. The maximum absolute atomic E-state index is 5.95. The lowest BCUT2D eigenvalue weighted by Gasteiger charge is -2.23. The van der Waals surface area contributed by atoms with Crippen molar-refractivity contribution >= 4 is 11.0 Å². The molecule has 0 saturated carbocycles. The number of nitrogens with one attached hydrogen (secondary N) is 1. The van der Waals surface area contributed by atoms with E-state index < -0.39 is 0 Å². The summed E-state index contributed by atoms with van der Waals surface area (Å²) in [5.74, 6) is 0.662. The Labute approximate surface area is 99.8 Å². The molecule has 0 unspecified atom stereocenters. The van der Waals surface area contributed by atoms with E-state index in [0.717, 1.165) is 37.0 Å². The molecule has 0 spiro atoms. The van der Waals surface area contributed by atoms with Crippen LogP contribution in [0.5, 0.6) is 5.88 Å². The van der Waals surface area contributed by atoms with Gasteiger partial charge in [0.05, 0.1) is 11.8 Å². The highest BCUT2D eigenvalue weighted by atomic mass is 16.5. The van der Waals surface area contributed by atoms with Crippen molar-refractivity contribution in [2.75, 3.05) is 13.1 Å². The number of nitrogens with zero attached hydrogens (tertiary/aromatic N) is 3. The van der Waals surface area contributed by atoms with Gasteiger partial charge in [-0.05, 0) is 32.0 Å². The van der Waals surface area contributed by atoms with E-state index in [4.69, 9.17) is 4.74 Å². The van der Waals surface area contributed by atoms with Gasteiger partial charge in [0.25, 0.3) is 0 Å². The lowest BCUT2D eigenvalue weighted by Crippen LogP contribution is -2.34. The molecule has 5 nitrogen and oxygen atoms in total. The fourth-order valence-corrected chi connectivity index (χ4v) is 2.20. The second kappa shape index (κ2) is 4.33. The zero-order chi connectivity index (χ0) is 11.7. The lowest BCUT2D eigenvalue weighted by atomic mass is 10.1. The first-order chi connectivity index (χ1) is 8.34. The second-order valence-corrected chi connectivity index (χ2v) is 4.41.